The Bertz CT molecular complexity index is 637. The van der Waals surface area contributed by atoms with Crippen LogP contribution in [0.5, 0.6) is 0 Å². The second-order valence-corrected chi connectivity index (χ2v) is 7.31. The molecule has 0 saturated heterocycles. The van der Waals surface area contributed by atoms with Gasteiger partial charge in [-0.3, -0.25) is 4.79 Å². The van der Waals surface area contributed by atoms with Gasteiger partial charge in [0.1, 0.15) is 4.90 Å². The van der Waals surface area contributed by atoms with E-state index in [4.69, 9.17) is 27.9 Å². The number of ether oxygens (including phenoxy) is 1. The molecule has 6 nitrogen and oxygen atoms in total. The number of benzene rings is 1. The molecule has 22 heavy (non-hydrogen) atoms. The van der Waals surface area contributed by atoms with Gasteiger partial charge in [-0.25, -0.2) is 8.42 Å². The highest BCUT2D eigenvalue weighted by molar-refractivity contribution is 7.89. The Labute approximate surface area is 140 Å². The number of amides is 1. The van der Waals surface area contributed by atoms with Crippen molar-refractivity contribution in [2.45, 2.75) is 30.8 Å². The smallest absolute Gasteiger partial charge is 0.242 e. The van der Waals surface area contributed by atoms with Crippen LogP contribution < -0.4 is 10.0 Å². The molecule has 1 aromatic carbocycles. The molecule has 1 rings (SSSR count). The predicted octanol–water partition coefficient (Wildman–Crippen LogP) is 1.81. The Morgan fingerprint density at radius 2 is 1.95 bits per heavy atom. The van der Waals surface area contributed by atoms with Crippen molar-refractivity contribution in [3.05, 3.63) is 28.2 Å². The number of halogens is 2. The Hall–Kier alpha value is -0.860. The first-order chi connectivity index (χ1) is 10.2. The molecule has 0 bridgehead atoms. The predicted molar refractivity (Wildman–Crippen MR) is 85.7 cm³/mol. The minimum atomic E-state index is -3.96. The Morgan fingerprint density at radius 3 is 2.55 bits per heavy atom. The molecule has 124 valence electrons. The van der Waals surface area contributed by atoms with Gasteiger partial charge < -0.3 is 10.1 Å². The first kappa shape index (κ1) is 19.2. The Morgan fingerprint density at radius 1 is 1.32 bits per heavy atom. The quantitative estimate of drug-likeness (QED) is 0.768. The van der Waals surface area contributed by atoms with Crippen LogP contribution in [0, 0.1) is 0 Å². The van der Waals surface area contributed by atoms with Gasteiger partial charge in [-0.15, -0.1) is 0 Å². The summed E-state index contributed by atoms with van der Waals surface area (Å²) < 4.78 is 31.7. The monoisotopic (exact) mass is 368 g/mol. The van der Waals surface area contributed by atoms with Crippen LogP contribution in [0.15, 0.2) is 23.1 Å². The fraction of sp³-hybridized carbons (Fsp3) is 0.462. The van der Waals surface area contributed by atoms with Crippen LogP contribution in [0.1, 0.15) is 13.8 Å². The summed E-state index contributed by atoms with van der Waals surface area (Å²) in [5.74, 6) is -0.466. The van der Waals surface area contributed by atoms with Crippen LogP contribution in [-0.4, -0.2) is 40.1 Å². The van der Waals surface area contributed by atoms with E-state index >= 15 is 0 Å². The van der Waals surface area contributed by atoms with Gasteiger partial charge in [0.2, 0.25) is 15.9 Å². The maximum Gasteiger partial charge on any atom is 0.242 e. The van der Waals surface area contributed by atoms with Crippen LogP contribution in [0.25, 0.3) is 0 Å². The molecular weight excluding hydrogens is 351 g/mol. The first-order valence-corrected chi connectivity index (χ1v) is 8.68. The molecule has 0 radical (unpaired) electrons. The standard InChI is InChI=1S/C13H18Cl2N2O4S/c1-8(7-21-3)16-13(18)9(2)17-22(19,20)12-6-10(14)4-5-11(12)15/h4-6,8-9,17H,7H2,1-3H3,(H,16,18)/t8-,9+/m1/s1. The molecule has 2 N–H and O–H groups in total. The van der Waals surface area contributed by atoms with Crippen molar-refractivity contribution < 1.29 is 17.9 Å². The van der Waals surface area contributed by atoms with Gasteiger partial charge in [-0.1, -0.05) is 23.2 Å². The minimum Gasteiger partial charge on any atom is -0.383 e. The number of methoxy groups -OCH3 is 1. The lowest BCUT2D eigenvalue weighted by Crippen LogP contribution is -2.48. The fourth-order valence-electron chi connectivity index (χ4n) is 1.69. The van der Waals surface area contributed by atoms with E-state index in [0.29, 0.717) is 6.61 Å². The van der Waals surface area contributed by atoms with Crippen molar-refractivity contribution in [3.63, 3.8) is 0 Å². The summed E-state index contributed by atoms with van der Waals surface area (Å²) in [6.07, 6.45) is 0. The average Bonchev–Trinajstić information content (AvgIpc) is 2.41. The number of sulfonamides is 1. The molecule has 0 fully saturated rings. The second-order valence-electron chi connectivity index (χ2n) is 4.78. The molecule has 0 saturated carbocycles. The minimum absolute atomic E-state index is 0.0252. The summed E-state index contributed by atoms with van der Waals surface area (Å²) >= 11 is 11.7. The van der Waals surface area contributed by atoms with Crippen LogP contribution in [-0.2, 0) is 19.6 Å². The molecule has 0 heterocycles. The van der Waals surface area contributed by atoms with Gasteiger partial charge in [0.05, 0.1) is 17.7 Å². The SMILES string of the molecule is COC[C@@H](C)NC(=O)[C@H](C)NS(=O)(=O)c1cc(Cl)ccc1Cl. The Kier molecular flexibility index (Phi) is 7.08. The third-order valence-electron chi connectivity index (χ3n) is 2.71. The number of nitrogens with one attached hydrogen (secondary N) is 2. The molecule has 1 aromatic rings. The molecule has 0 aliphatic rings. The third kappa shape index (κ3) is 5.40. The maximum atomic E-state index is 12.3. The molecule has 0 unspecified atom stereocenters. The van der Waals surface area contributed by atoms with Crippen molar-refractivity contribution in [2.75, 3.05) is 13.7 Å². The first-order valence-electron chi connectivity index (χ1n) is 6.44. The number of carbonyl (C=O) groups is 1. The molecule has 0 spiro atoms. The summed E-state index contributed by atoms with van der Waals surface area (Å²) in [7, 11) is -2.45. The van der Waals surface area contributed by atoms with Gasteiger partial charge in [0.15, 0.2) is 0 Å². The van der Waals surface area contributed by atoms with Crippen LogP contribution in [0.3, 0.4) is 0 Å². The van der Waals surface area contributed by atoms with Crippen molar-refractivity contribution in [1.82, 2.24) is 10.0 Å². The highest BCUT2D eigenvalue weighted by atomic mass is 35.5. The molecule has 2 atom stereocenters. The number of hydrogen-bond acceptors (Lipinski definition) is 4. The molecule has 9 heteroatoms. The van der Waals surface area contributed by atoms with Gasteiger partial charge in [0.25, 0.3) is 0 Å². The van der Waals surface area contributed by atoms with Gasteiger partial charge >= 0.3 is 0 Å². The van der Waals surface area contributed by atoms with E-state index in [0.717, 1.165) is 0 Å². The fourth-order valence-corrected chi connectivity index (χ4v) is 3.66. The topological polar surface area (TPSA) is 84.5 Å². The zero-order valence-electron chi connectivity index (χ0n) is 12.4. The van der Waals surface area contributed by atoms with E-state index in [1.807, 2.05) is 0 Å². The largest absolute Gasteiger partial charge is 0.383 e. The molecule has 0 aliphatic heterocycles. The van der Waals surface area contributed by atoms with Crippen molar-refractivity contribution >= 4 is 39.1 Å². The lowest BCUT2D eigenvalue weighted by atomic mass is 10.3. The molecular formula is C13H18Cl2N2O4S. The number of hydrogen-bond donors (Lipinski definition) is 2. The highest BCUT2D eigenvalue weighted by Crippen LogP contribution is 2.24. The second kappa shape index (κ2) is 8.12. The summed E-state index contributed by atoms with van der Waals surface area (Å²) in [5, 5.41) is 2.89. The molecule has 1 amide bonds. The summed E-state index contributed by atoms with van der Waals surface area (Å²) in [6, 6.07) is 2.87. The lowest BCUT2D eigenvalue weighted by Gasteiger charge is -2.18. The van der Waals surface area contributed by atoms with Crippen molar-refractivity contribution in [3.8, 4) is 0 Å². The highest BCUT2D eigenvalue weighted by Gasteiger charge is 2.25. The van der Waals surface area contributed by atoms with Gasteiger partial charge in [-0.05, 0) is 32.0 Å². The average molecular weight is 369 g/mol. The van der Waals surface area contributed by atoms with E-state index in [2.05, 4.69) is 10.0 Å². The van der Waals surface area contributed by atoms with Crippen LogP contribution >= 0.6 is 23.2 Å². The van der Waals surface area contributed by atoms with Crippen molar-refractivity contribution in [2.24, 2.45) is 0 Å². The van der Waals surface area contributed by atoms with E-state index in [-0.39, 0.29) is 21.0 Å². The normalized spacial score (nSPS) is 14.4. The van der Waals surface area contributed by atoms with Gasteiger partial charge in [-0.2, -0.15) is 4.72 Å². The van der Waals surface area contributed by atoms with Crippen LogP contribution in [0.4, 0.5) is 0 Å². The number of rotatable bonds is 7. The van der Waals surface area contributed by atoms with E-state index in [1.54, 1.807) is 6.92 Å². The Balaban J connectivity index is 2.83. The maximum absolute atomic E-state index is 12.3. The van der Waals surface area contributed by atoms with E-state index < -0.39 is 22.0 Å². The lowest BCUT2D eigenvalue weighted by molar-refractivity contribution is -0.123. The van der Waals surface area contributed by atoms with E-state index in [9.17, 15) is 13.2 Å². The summed E-state index contributed by atoms with van der Waals surface area (Å²) in [5.41, 5.74) is 0. The zero-order valence-corrected chi connectivity index (χ0v) is 14.7. The van der Waals surface area contributed by atoms with Crippen molar-refractivity contribution in [1.29, 1.82) is 0 Å². The number of carbonyl (C=O) groups excluding carboxylic acids is 1. The third-order valence-corrected chi connectivity index (χ3v) is 4.97. The summed E-state index contributed by atoms with van der Waals surface area (Å²) in [6.45, 7) is 3.51. The van der Waals surface area contributed by atoms with Crippen LogP contribution in [0.2, 0.25) is 10.0 Å². The molecule has 0 aliphatic carbocycles. The zero-order chi connectivity index (χ0) is 16.9. The molecule has 0 aromatic heterocycles. The van der Waals surface area contributed by atoms with Gasteiger partial charge in [0, 0.05) is 18.2 Å². The summed E-state index contributed by atoms with van der Waals surface area (Å²) in [4.78, 5) is 11.8. The van der Waals surface area contributed by atoms with E-state index in [1.165, 1.54) is 32.2 Å².